The number of nitrogens with one attached hydrogen (secondary N) is 3. The summed E-state index contributed by atoms with van der Waals surface area (Å²) < 4.78 is 45.2. The van der Waals surface area contributed by atoms with Crippen LogP contribution in [0.1, 0.15) is 38.2 Å². The lowest BCUT2D eigenvalue weighted by molar-refractivity contribution is -0.168. The number of hydrazine groups is 2. The fourth-order valence-electron chi connectivity index (χ4n) is 5.39. The Hall–Kier alpha value is -2.35. The molecule has 1 saturated heterocycles. The minimum atomic E-state index is -0.863. The van der Waals surface area contributed by atoms with Crippen LogP contribution in [0.3, 0.4) is 0 Å². The molecule has 0 amide bonds. The predicted octanol–water partition coefficient (Wildman–Crippen LogP) is 2.70. The first-order valence-electron chi connectivity index (χ1n) is 11.9. The molecule has 2 aliphatic carbocycles. The molecule has 3 heterocycles. The van der Waals surface area contributed by atoms with Crippen molar-refractivity contribution in [2.45, 2.75) is 68.8 Å². The molecule has 0 bridgehead atoms. The highest BCUT2D eigenvalue weighted by Crippen LogP contribution is 2.47. The molecule has 4 N–H and O–H groups in total. The standard InChI is InChI=1S/C23H27ClF2N6O4/c1-23(2)35-18-15(9-16(19(18)36-23)34-6-5-33)32-21-17(30-31-32)20(28-22(24)29-21)27-14-8-11(14)10-3-4-12(25)13(26)7-10/h3-4,7,11,14-16,18-19,30-31,33H,5-6,8-9H2,1-2H3,(H,27,28,29)/t11-,14+,15+,16-,18-,19+/m0/s1. The summed E-state index contributed by atoms with van der Waals surface area (Å²) in [5.74, 6) is -1.42. The van der Waals surface area contributed by atoms with Crippen molar-refractivity contribution in [1.29, 1.82) is 0 Å². The monoisotopic (exact) mass is 524 g/mol. The number of halogens is 3. The first kappa shape index (κ1) is 24.0. The zero-order valence-electron chi connectivity index (χ0n) is 19.7. The van der Waals surface area contributed by atoms with Crippen molar-refractivity contribution in [3.8, 4) is 0 Å². The van der Waals surface area contributed by atoms with Gasteiger partial charge in [0.1, 0.15) is 17.9 Å². The summed E-state index contributed by atoms with van der Waals surface area (Å²) in [4.78, 5) is 8.81. The van der Waals surface area contributed by atoms with Crippen LogP contribution in [0, 0.1) is 11.6 Å². The molecule has 2 saturated carbocycles. The van der Waals surface area contributed by atoms with Crippen molar-refractivity contribution >= 4 is 28.9 Å². The molecule has 1 aromatic heterocycles. The lowest BCUT2D eigenvalue weighted by atomic mass is 10.1. The van der Waals surface area contributed by atoms with Gasteiger partial charge in [0.05, 0.1) is 25.4 Å². The SMILES string of the molecule is CC1(C)O[C@@H]2[C@H](O1)[C@@H](OCCO)C[C@H]2N1NNc2c(N[C@@H]3C[C@H]3c3ccc(F)c(F)c3)nc(Cl)nc21. The molecule has 6 atom stereocenters. The first-order valence-corrected chi connectivity index (χ1v) is 12.3. The third-order valence-electron chi connectivity index (χ3n) is 7.01. The van der Waals surface area contributed by atoms with Crippen LogP contribution in [-0.2, 0) is 14.2 Å². The van der Waals surface area contributed by atoms with Crippen molar-refractivity contribution in [2.24, 2.45) is 0 Å². The molecular formula is C23H27ClF2N6O4. The Labute approximate surface area is 211 Å². The highest BCUT2D eigenvalue weighted by molar-refractivity contribution is 6.28. The van der Waals surface area contributed by atoms with Crippen LogP contribution in [0.2, 0.25) is 5.28 Å². The number of aliphatic hydroxyl groups is 1. The quantitative estimate of drug-likeness (QED) is 0.403. The van der Waals surface area contributed by atoms with Gasteiger partial charge in [0, 0.05) is 18.4 Å². The van der Waals surface area contributed by atoms with Gasteiger partial charge in [0.2, 0.25) is 5.28 Å². The summed E-state index contributed by atoms with van der Waals surface area (Å²) in [6.07, 6.45) is 0.439. The van der Waals surface area contributed by atoms with Gasteiger partial charge in [0.15, 0.2) is 29.1 Å². The van der Waals surface area contributed by atoms with Crippen molar-refractivity contribution in [3.05, 3.63) is 40.7 Å². The Kier molecular flexibility index (Phi) is 5.93. The van der Waals surface area contributed by atoms with Gasteiger partial charge < -0.3 is 24.6 Å². The van der Waals surface area contributed by atoms with Crippen LogP contribution in [0.25, 0.3) is 0 Å². The van der Waals surface area contributed by atoms with Crippen LogP contribution < -0.4 is 21.3 Å². The van der Waals surface area contributed by atoms with E-state index in [2.05, 4.69) is 26.2 Å². The van der Waals surface area contributed by atoms with Crippen molar-refractivity contribution in [1.82, 2.24) is 15.5 Å². The molecule has 0 unspecified atom stereocenters. The number of hydrogen-bond donors (Lipinski definition) is 4. The Morgan fingerprint density at radius 3 is 2.81 bits per heavy atom. The molecule has 3 fully saturated rings. The van der Waals surface area contributed by atoms with Gasteiger partial charge in [-0.05, 0) is 49.6 Å². The van der Waals surface area contributed by atoms with Gasteiger partial charge >= 0.3 is 0 Å². The fraction of sp³-hybridized carbons (Fsp3) is 0.565. The largest absolute Gasteiger partial charge is 0.394 e. The number of benzene rings is 1. The molecule has 36 heavy (non-hydrogen) atoms. The molecule has 0 spiro atoms. The lowest BCUT2D eigenvalue weighted by Crippen LogP contribution is -2.49. The molecule has 6 rings (SSSR count). The number of aliphatic hydroxyl groups excluding tert-OH is 1. The lowest BCUT2D eigenvalue weighted by Gasteiger charge is -2.29. The van der Waals surface area contributed by atoms with Crippen LogP contribution >= 0.6 is 11.6 Å². The number of anilines is 3. The predicted molar refractivity (Wildman–Crippen MR) is 126 cm³/mol. The summed E-state index contributed by atoms with van der Waals surface area (Å²) in [6.45, 7) is 3.83. The third kappa shape index (κ3) is 4.25. The Morgan fingerprint density at radius 1 is 1.22 bits per heavy atom. The molecular weight excluding hydrogens is 498 g/mol. The van der Waals surface area contributed by atoms with Crippen LogP contribution in [-0.4, -0.2) is 64.5 Å². The highest BCUT2D eigenvalue weighted by Gasteiger charge is 2.57. The Morgan fingerprint density at radius 2 is 2.03 bits per heavy atom. The molecule has 10 nitrogen and oxygen atoms in total. The van der Waals surface area contributed by atoms with Crippen molar-refractivity contribution in [2.75, 3.05) is 29.0 Å². The maximum atomic E-state index is 13.7. The van der Waals surface area contributed by atoms with Crippen LogP contribution in [0.5, 0.6) is 0 Å². The zero-order valence-corrected chi connectivity index (χ0v) is 20.4. The molecule has 13 heteroatoms. The maximum absolute atomic E-state index is 13.7. The first-order chi connectivity index (χ1) is 17.2. The molecule has 4 aliphatic rings. The summed E-state index contributed by atoms with van der Waals surface area (Å²) in [7, 11) is 0. The average molecular weight is 525 g/mol. The van der Waals surface area contributed by atoms with E-state index in [1.807, 2.05) is 18.9 Å². The van der Waals surface area contributed by atoms with Crippen LogP contribution in [0.15, 0.2) is 18.2 Å². The van der Waals surface area contributed by atoms with Gasteiger partial charge in [-0.2, -0.15) is 9.97 Å². The number of fused-ring (bicyclic) bond motifs is 2. The normalized spacial score (nSPS) is 31.8. The summed E-state index contributed by atoms with van der Waals surface area (Å²) in [6, 6.07) is 3.76. The second-order valence-corrected chi connectivity index (χ2v) is 10.3. The molecule has 2 aliphatic heterocycles. The van der Waals surface area contributed by atoms with E-state index < -0.39 is 17.4 Å². The second-order valence-electron chi connectivity index (χ2n) is 9.91. The third-order valence-corrected chi connectivity index (χ3v) is 7.18. The van der Waals surface area contributed by atoms with E-state index in [9.17, 15) is 13.9 Å². The molecule has 1 aromatic carbocycles. The van der Waals surface area contributed by atoms with E-state index in [1.165, 1.54) is 6.07 Å². The van der Waals surface area contributed by atoms with E-state index in [4.69, 9.17) is 25.8 Å². The second kappa shape index (κ2) is 8.89. The molecule has 194 valence electrons. The smallest absolute Gasteiger partial charge is 0.226 e. The average Bonchev–Trinajstić information content (AvgIpc) is 3.16. The van der Waals surface area contributed by atoms with E-state index in [-0.39, 0.29) is 54.8 Å². The molecule has 2 aromatic rings. The van der Waals surface area contributed by atoms with Crippen molar-refractivity contribution in [3.63, 3.8) is 0 Å². The Bertz CT molecular complexity index is 1180. The maximum Gasteiger partial charge on any atom is 0.226 e. The van der Waals surface area contributed by atoms with Gasteiger partial charge in [-0.3, -0.25) is 10.4 Å². The van der Waals surface area contributed by atoms with Gasteiger partial charge in [-0.25, -0.2) is 8.78 Å². The number of rotatable bonds is 7. The van der Waals surface area contributed by atoms with Crippen molar-refractivity contribution < 1.29 is 28.1 Å². The van der Waals surface area contributed by atoms with Gasteiger partial charge in [-0.15, -0.1) is 5.53 Å². The molecule has 0 radical (unpaired) electrons. The van der Waals surface area contributed by atoms with Gasteiger partial charge in [-0.1, -0.05) is 6.07 Å². The minimum Gasteiger partial charge on any atom is -0.394 e. The van der Waals surface area contributed by atoms with E-state index in [0.29, 0.717) is 23.7 Å². The van der Waals surface area contributed by atoms with Crippen LogP contribution in [0.4, 0.5) is 26.1 Å². The zero-order chi connectivity index (χ0) is 25.2. The topological polar surface area (TPSA) is 113 Å². The number of nitrogens with zero attached hydrogens (tertiary/aromatic N) is 3. The number of aromatic nitrogens is 2. The minimum absolute atomic E-state index is 0.0136. The van der Waals surface area contributed by atoms with E-state index >= 15 is 0 Å². The van der Waals surface area contributed by atoms with Gasteiger partial charge in [0.25, 0.3) is 0 Å². The summed E-state index contributed by atoms with van der Waals surface area (Å²) in [5, 5.41) is 14.5. The summed E-state index contributed by atoms with van der Waals surface area (Å²) in [5.41, 5.74) is 7.62. The number of hydrogen-bond acceptors (Lipinski definition) is 10. The van der Waals surface area contributed by atoms with E-state index in [0.717, 1.165) is 18.1 Å². The highest BCUT2D eigenvalue weighted by atomic mass is 35.5. The Balaban J connectivity index is 1.22. The number of ether oxygens (including phenoxy) is 3. The fourth-order valence-corrected chi connectivity index (χ4v) is 5.56. The van der Waals surface area contributed by atoms with E-state index in [1.54, 1.807) is 6.07 Å². The summed E-state index contributed by atoms with van der Waals surface area (Å²) >= 11 is 6.31.